The van der Waals surface area contributed by atoms with Gasteiger partial charge in [-0.05, 0) is 26.7 Å². The molecule has 0 bridgehead atoms. The van der Waals surface area contributed by atoms with E-state index in [-0.39, 0.29) is 0 Å². The lowest BCUT2D eigenvalue weighted by Gasteiger charge is -2.38. The summed E-state index contributed by atoms with van der Waals surface area (Å²) in [7, 11) is 1.80. The first-order chi connectivity index (χ1) is 13.6. The molecule has 0 radical (unpaired) electrons. The number of carbonyl (C=O) groups excluding carboxylic acids is 1. The fourth-order valence-electron chi connectivity index (χ4n) is 3.59. The van der Waals surface area contributed by atoms with Crippen LogP contribution in [0.15, 0.2) is 4.99 Å². The number of rotatable bonds is 7. The van der Waals surface area contributed by atoms with Crippen LogP contribution in [-0.4, -0.2) is 79.5 Å². The fraction of sp³-hybridized carbons (Fsp3) is 0.750. The smallest absolute Gasteiger partial charge is 0.225 e. The zero-order valence-electron chi connectivity index (χ0n) is 17.5. The molecule has 1 aliphatic heterocycles. The summed E-state index contributed by atoms with van der Waals surface area (Å²) in [4.78, 5) is 27.0. The van der Waals surface area contributed by atoms with Crippen LogP contribution in [0.25, 0.3) is 0 Å². The average Bonchev–Trinajstić information content (AvgIpc) is 2.97. The van der Waals surface area contributed by atoms with Crippen molar-refractivity contribution in [2.45, 2.75) is 39.5 Å². The lowest BCUT2D eigenvalue weighted by molar-refractivity contribution is -0.139. The first kappa shape index (κ1) is 21.0. The number of hydrogen-bond donors (Lipinski definition) is 2. The summed E-state index contributed by atoms with van der Waals surface area (Å²) in [5.74, 6) is 1.54. The third-order valence-corrected chi connectivity index (χ3v) is 6.92. The molecule has 2 N–H and O–H groups in total. The lowest BCUT2D eigenvalue weighted by atomic mass is 9.84. The van der Waals surface area contributed by atoms with Crippen molar-refractivity contribution in [1.29, 1.82) is 0 Å². The molecule has 1 amide bonds. The van der Waals surface area contributed by atoms with Gasteiger partial charge in [-0.1, -0.05) is 6.42 Å². The van der Waals surface area contributed by atoms with Crippen molar-refractivity contribution in [3.63, 3.8) is 0 Å². The number of piperazine rings is 1. The molecule has 1 saturated heterocycles. The Morgan fingerprint density at radius 3 is 2.46 bits per heavy atom. The standard InChI is InChI=1S/C20H34N6OS/c1-15-16(2)28-18(24-15)7-8-22-20(21-3)23-9-10-25-11-13-26(14-12-25)19(27)17-5-4-6-17/h17H,4-14H2,1-3H3,(H2,21,22,23). The summed E-state index contributed by atoms with van der Waals surface area (Å²) in [5.41, 5.74) is 1.14. The quantitative estimate of drug-likeness (QED) is 0.529. The molecular formula is C20H34N6OS. The summed E-state index contributed by atoms with van der Waals surface area (Å²) in [5, 5.41) is 7.93. The van der Waals surface area contributed by atoms with Crippen LogP contribution in [0.4, 0.5) is 0 Å². The van der Waals surface area contributed by atoms with E-state index in [1.165, 1.54) is 16.3 Å². The zero-order valence-corrected chi connectivity index (χ0v) is 18.3. The first-order valence-electron chi connectivity index (χ1n) is 10.5. The van der Waals surface area contributed by atoms with Gasteiger partial charge in [0.25, 0.3) is 0 Å². The minimum absolute atomic E-state index is 0.319. The molecule has 3 rings (SSSR count). The van der Waals surface area contributed by atoms with Gasteiger partial charge in [-0.2, -0.15) is 0 Å². The molecule has 2 aliphatic rings. The minimum atomic E-state index is 0.319. The number of aryl methyl sites for hydroxylation is 2. The molecule has 0 spiro atoms. The fourth-order valence-corrected chi connectivity index (χ4v) is 4.53. The largest absolute Gasteiger partial charge is 0.356 e. The Morgan fingerprint density at radius 2 is 1.89 bits per heavy atom. The normalized spacial score (nSPS) is 18.8. The number of guanidine groups is 1. The number of nitrogens with zero attached hydrogens (tertiary/aromatic N) is 4. The molecule has 2 fully saturated rings. The maximum Gasteiger partial charge on any atom is 0.225 e. The van der Waals surface area contributed by atoms with Gasteiger partial charge in [-0.25, -0.2) is 4.98 Å². The lowest BCUT2D eigenvalue weighted by Crippen LogP contribution is -2.52. The van der Waals surface area contributed by atoms with Crippen LogP contribution in [0.5, 0.6) is 0 Å². The number of aromatic nitrogens is 1. The molecule has 1 aliphatic carbocycles. The van der Waals surface area contributed by atoms with Crippen molar-refractivity contribution in [2.24, 2.45) is 10.9 Å². The summed E-state index contributed by atoms with van der Waals surface area (Å²) >= 11 is 1.77. The summed E-state index contributed by atoms with van der Waals surface area (Å²) in [6.07, 6.45) is 4.32. The number of thiazole rings is 1. The molecule has 1 aromatic heterocycles. The third kappa shape index (κ3) is 5.67. The Balaban J connectivity index is 1.29. The molecule has 28 heavy (non-hydrogen) atoms. The van der Waals surface area contributed by atoms with E-state index in [9.17, 15) is 4.79 Å². The number of hydrogen-bond acceptors (Lipinski definition) is 5. The zero-order chi connectivity index (χ0) is 19.9. The Morgan fingerprint density at radius 1 is 1.18 bits per heavy atom. The van der Waals surface area contributed by atoms with Crippen LogP contribution in [0.1, 0.15) is 34.8 Å². The second-order valence-electron chi connectivity index (χ2n) is 7.72. The van der Waals surface area contributed by atoms with Gasteiger partial charge in [-0.3, -0.25) is 14.7 Å². The van der Waals surface area contributed by atoms with Crippen LogP contribution < -0.4 is 10.6 Å². The van der Waals surface area contributed by atoms with E-state index in [4.69, 9.17) is 0 Å². The van der Waals surface area contributed by atoms with Crippen LogP contribution in [0, 0.1) is 19.8 Å². The van der Waals surface area contributed by atoms with Crippen molar-refractivity contribution in [3.8, 4) is 0 Å². The number of aliphatic imine (C=N–C) groups is 1. The van der Waals surface area contributed by atoms with E-state index in [2.05, 4.69) is 44.3 Å². The van der Waals surface area contributed by atoms with Crippen molar-refractivity contribution in [1.82, 2.24) is 25.4 Å². The second kappa shape index (κ2) is 10.2. The third-order valence-electron chi connectivity index (χ3n) is 5.79. The van der Waals surface area contributed by atoms with Crippen LogP contribution >= 0.6 is 11.3 Å². The van der Waals surface area contributed by atoms with Crippen molar-refractivity contribution >= 4 is 23.2 Å². The van der Waals surface area contributed by atoms with Gasteiger partial charge >= 0.3 is 0 Å². The molecule has 156 valence electrons. The van der Waals surface area contributed by atoms with E-state index >= 15 is 0 Å². The van der Waals surface area contributed by atoms with E-state index in [0.29, 0.717) is 11.8 Å². The van der Waals surface area contributed by atoms with Crippen LogP contribution in [0.3, 0.4) is 0 Å². The molecule has 1 aromatic rings. The summed E-state index contributed by atoms with van der Waals surface area (Å²) < 4.78 is 0. The first-order valence-corrected chi connectivity index (χ1v) is 11.3. The van der Waals surface area contributed by atoms with Gasteiger partial charge in [0, 0.05) is 70.1 Å². The molecule has 0 unspecified atom stereocenters. The number of carbonyl (C=O) groups is 1. The highest BCUT2D eigenvalue weighted by molar-refractivity contribution is 7.11. The molecule has 0 aromatic carbocycles. The predicted molar refractivity (Wildman–Crippen MR) is 115 cm³/mol. The van der Waals surface area contributed by atoms with Gasteiger partial charge in [-0.15, -0.1) is 11.3 Å². The SMILES string of the molecule is CN=C(NCCc1nc(C)c(C)s1)NCCN1CCN(C(=O)C2CCC2)CC1. The average molecular weight is 407 g/mol. The van der Waals surface area contributed by atoms with Gasteiger partial charge < -0.3 is 15.5 Å². The molecule has 0 atom stereocenters. The molecular weight excluding hydrogens is 372 g/mol. The Bertz CT molecular complexity index is 657. The summed E-state index contributed by atoms with van der Waals surface area (Å²) in [6.45, 7) is 10.5. The summed E-state index contributed by atoms with van der Waals surface area (Å²) in [6, 6.07) is 0. The van der Waals surface area contributed by atoms with E-state index in [0.717, 1.165) is 76.7 Å². The molecule has 2 heterocycles. The topological polar surface area (TPSA) is 72.9 Å². The van der Waals surface area contributed by atoms with Gasteiger partial charge in [0.05, 0.1) is 10.7 Å². The van der Waals surface area contributed by atoms with Gasteiger partial charge in [0.15, 0.2) is 5.96 Å². The number of nitrogens with one attached hydrogen (secondary N) is 2. The van der Waals surface area contributed by atoms with Crippen LogP contribution in [0.2, 0.25) is 0 Å². The van der Waals surface area contributed by atoms with Crippen molar-refractivity contribution in [2.75, 3.05) is 52.9 Å². The molecule has 8 heteroatoms. The van der Waals surface area contributed by atoms with E-state index < -0.39 is 0 Å². The van der Waals surface area contributed by atoms with E-state index in [1.807, 2.05) is 0 Å². The predicted octanol–water partition coefficient (Wildman–Crippen LogP) is 1.41. The van der Waals surface area contributed by atoms with Crippen molar-refractivity contribution in [3.05, 3.63) is 15.6 Å². The maximum atomic E-state index is 12.3. The minimum Gasteiger partial charge on any atom is -0.356 e. The van der Waals surface area contributed by atoms with Crippen LogP contribution in [-0.2, 0) is 11.2 Å². The highest BCUT2D eigenvalue weighted by atomic mass is 32.1. The monoisotopic (exact) mass is 406 g/mol. The van der Waals surface area contributed by atoms with Gasteiger partial charge in [0.1, 0.15) is 0 Å². The molecule has 1 saturated carbocycles. The van der Waals surface area contributed by atoms with E-state index in [1.54, 1.807) is 18.4 Å². The number of amides is 1. The Kier molecular flexibility index (Phi) is 7.67. The Labute approximate surface area is 172 Å². The molecule has 7 nitrogen and oxygen atoms in total. The Hall–Kier alpha value is -1.67. The maximum absolute atomic E-state index is 12.3. The second-order valence-corrected chi connectivity index (χ2v) is 9.01. The van der Waals surface area contributed by atoms with Gasteiger partial charge in [0.2, 0.25) is 5.91 Å². The highest BCUT2D eigenvalue weighted by Gasteiger charge is 2.30. The highest BCUT2D eigenvalue weighted by Crippen LogP contribution is 2.28. The van der Waals surface area contributed by atoms with Crippen molar-refractivity contribution < 1.29 is 4.79 Å².